The van der Waals surface area contributed by atoms with Crippen LogP contribution in [0.5, 0.6) is 5.75 Å². The molecule has 0 amide bonds. The van der Waals surface area contributed by atoms with Crippen molar-refractivity contribution >= 4 is 0 Å². The third kappa shape index (κ3) is 2.23. The molecule has 0 bridgehead atoms. The van der Waals surface area contributed by atoms with E-state index in [0.717, 1.165) is 0 Å². The van der Waals surface area contributed by atoms with Gasteiger partial charge in [0.25, 0.3) is 0 Å². The lowest BCUT2D eigenvalue weighted by atomic mass is 10.1. The van der Waals surface area contributed by atoms with Crippen LogP contribution in [0.4, 0.5) is 0 Å². The summed E-state index contributed by atoms with van der Waals surface area (Å²) in [5.41, 5.74) is 1.01. The number of benzene rings is 1. The average molecular weight is 173 g/mol. The summed E-state index contributed by atoms with van der Waals surface area (Å²) in [5.74, 6) is 4.82. The van der Waals surface area contributed by atoms with Crippen LogP contribution in [-0.2, 0) is 6.61 Å². The number of aliphatic hydroxyl groups excluding tert-OH is 1. The Morgan fingerprint density at radius 1 is 1.38 bits per heavy atom. The Hall–Kier alpha value is -1.97. The lowest BCUT2D eigenvalue weighted by molar-refractivity contribution is 0.275. The summed E-state index contributed by atoms with van der Waals surface area (Å²) in [6.07, 6.45) is 0. The van der Waals surface area contributed by atoms with Gasteiger partial charge in [-0.1, -0.05) is 5.92 Å². The normalized spacial score (nSPS) is 8.31. The Morgan fingerprint density at radius 3 is 2.77 bits per heavy atom. The average Bonchev–Trinajstić information content (AvgIpc) is 2.16. The van der Waals surface area contributed by atoms with Crippen LogP contribution in [0.15, 0.2) is 18.2 Å². The summed E-state index contributed by atoms with van der Waals surface area (Å²) < 4.78 is 0. The van der Waals surface area contributed by atoms with Gasteiger partial charge in [0, 0.05) is 17.0 Å². The highest BCUT2D eigenvalue weighted by molar-refractivity contribution is 5.44. The van der Waals surface area contributed by atoms with E-state index in [1.165, 1.54) is 6.07 Å². The van der Waals surface area contributed by atoms with Crippen molar-refractivity contribution in [2.75, 3.05) is 0 Å². The first-order valence-corrected chi connectivity index (χ1v) is 3.61. The van der Waals surface area contributed by atoms with Crippen LogP contribution in [0.25, 0.3) is 0 Å². The topological polar surface area (TPSA) is 64.2 Å². The van der Waals surface area contributed by atoms with Gasteiger partial charge in [0.15, 0.2) is 6.07 Å². The minimum Gasteiger partial charge on any atom is -0.508 e. The van der Waals surface area contributed by atoms with Crippen molar-refractivity contribution in [3.05, 3.63) is 29.3 Å². The number of aromatic hydroxyl groups is 1. The minimum atomic E-state index is -0.242. The Labute approximate surface area is 75.9 Å². The summed E-state index contributed by atoms with van der Waals surface area (Å²) in [6.45, 7) is -0.242. The van der Waals surface area contributed by atoms with E-state index in [1.54, 1.807) is 18.2 Å². The van der Waals surface area contributed by atoms with E-state index in [9.17, 15) is 5.11 Å². The molecule has 0 spiro atoms. The third-order valence-corrected chi connectivity index (χ3v) is 1.51. The largest absolute Gasteiger partial charge is 0.508 e. The molecular formula is C10H7NO2. The van der Waals surface area contributed by atoms with Crippen LogP contribution < -0.4 is 0 Å². The van der Waals surface area contributed by atoms with Gasteiger partial charge in [0.05, 0.1) is 6.61 Å². The Morgan fingerprint density at radius 2 is 2.15 bits per heavy atom. The van der Waals surface area contributed by atoms with E-state index in [-0.39, 0.29) is 12.4 Å². The zero-order valence-electron chi connectivity index (χ0n) is 6.78. The first-order valence-electron chi connectivity index (χ1n) is 3.61. The highest BCUT2D eigenvalue weighted by atomic mass is 16.3. The second kappa shape index (κ2) is 4.15. The molecule has 0 fully saturated rings. The molecule has 1 aromatic carbocycles. The van der Waals surface area contributed by atoms with Crippen LogP contribution in [0.1, 0.15) is 11.1 Å². The van der Waals surface area contributed by atoms with Gasteiger partial charge in [0.1, 0.15) is 5.75 Å². The summed E-state index contributed by atoms with van der Waals surface area (Å²) >= 11 is 0. The van der Waals surface area contributed by atoms with Gasteiger partial charge in [-0.3, -0.25) is 0 Å². The number of nitrogens with zero attached hydrogens (tertiary/aromatic N) is 1. The van der Waals surface area contributed by atoms with E-state index < -0.39 is 0 Å². The maximum Gasteiger partial charge on any atom is 0.152 e. The highest BCUT2D eigenvalue weighted by Crippen LogP contribution is 2.17. The van der Waals surface area contributed by atoms with E-state index in [4.69, 9.17) is 10.4 Å². The predicted molar refractivity (Wildman–Crippen MR) is 46.5 cm³/mol. The number of hydrogen-bond acceptors (Lipinski definition) is 3. The van der Waals surface area contributed by atoms with E-state index in [2.05, 4.69) is 11.8 Å². The first-order chi connectivity index (χ1) is 6.27. The smallest absolute Gasteiger partial charge is 0.152 e. The van der Waals surface area contributed by atoms with Crippen molar-refractivity contribution in [1.82, 2.24) is 0 Å². The molecule has 1 rings (SSSR count). The van der Waals surface area contributed by atoms with Crippen molar-refractivity contribution in [2.45, 2.75) is 6.61 Å². The first kappa shape index (κ1) is 9.12. The molecule has 0 atom stereocenters. The zero-order valence-corrected chi connectivity index (χ0v) is 6.78. The molecule has 3 nitrogen and oxygen atoms in total. The molecule has 0 aliphatic rings. The van der Waals surface area contributed by atoms with E-state index in [1.807, 2.05) is 0 Å². The predicted octanol–water partition coefficient (Wildman–Crippen LogP) is 0.760. The van der Waals surface area contributed by atoms with Crippen molar-refractivity contribution in [3.8, 4) is 23.7 Å². The summed E-state index contributed by atoms with van der Waals surface area (Å²) in [5, 5.41) is 26.2. The van der Waals surface area contributed by atoms with Gasteiger partial charge in [-0.2, -0.15) is 5.26 Å². The maximum atomic E-state index is 9.19. The monoisotopic (exact) mass is 173 g/mol. The highest BCUT2D eigenvalue weighted by Gasteiger charge is 1.99. The van der Waals surface area contributed by atoms with Gasteiger partial charge in [-0.25, -0.2) is 0 Å². The number of nitriles is 1. The molecule has 13 heavy (non-hydrogen) atoms. The van der Waals surface area contributed by atoms with Crippen LogP contribution in [0.2, 0.25) is 0 Å². The van der Waals surface area contributed by atoms with Crippen LogP contribution in [-0.4, -0.2) is 10.2 Å². The molecule has 0 aromatic heterocycles. The summed E-state index contributed by atoms with van der Waals surface area (Å²) in [7, 11) is 0. The van der Waals surface area contributed by atoms with Gasteiger partial charge >= 0.3 is 0 Å². The van der Waals surface area contributed by atoms with Crippen molar-refractivity contribution < 1.29 is 10.2 Å². The summed E-state index contributed by atoms with van der Waals surface area (Å²) in [4.78, 5) is 0. The van der Waals surface area contributed by atoms with Crippen LogP contribution in [0.3, 0.4) is 0 Å². The molecule has 64 valence electrons. The molecule has 1 aromatic rings. The molecule has 0 unspecified atom stereocenters. The molecule has 0 aliphatic heterocycles. The van der Waals surface area contributed by atoms with Crippen LogP contribution in [0, 0.1) is 23.2 Å². The van der Waals surface area contributed by atoms with Crippen LogP contribution >= 0.6 is 0 Å². The molecule has 3 heteroatoms. The number of rotatable bonds is 1. The van der Waals surface area contributed by atoms with Gasteiger partial charge in [-0.15, -0.1) is 0 Å². The van der Waals surface area contributed by atoms with Crippen molar-refractivity contribution in [2.24, 2.45) is 0 Å². The molecule has 0 saturated heterocycles. The summed E-state index contributed by atoms with van der Waals surface area (Å²) in [6, 6.07) is 6.24. The van der Waals surface area contributed by atoms with E-state index >= 15 is 0 Å². The molecule has 2 N–H and O–H groups in total. The number of hydrogen-bond donors (Lipinski definition) is 2. The van der Waals surface area contributed by atoms with E-state index in [0.29, 0.717) is 11.1 Å². The fraction of sp³-hybridized carbons (Fsp3) is 0.100. The molecular weight excluding hydrogens is 166 g/mol. The molecule has 0 radical (unpaired) electrons. The Balaban J connectivity index is 3.08. The number of phenols is 1. The van der Waals surface area contributed by atoms with Crippen molar-refractivity contribution in [1.29, 1.82) is 5.26 Å². The fourth-order valence-corrected chi connectivity index (χ4v) is 0.890. The lowest BCUT2D eigenvalue weighted by Crippen LogP contribution is -1.85. The maximum absolute atomic E-state index is 9.19. The standard InChI is InChI=1S/C10H7NO2/c11-5-1-2-8-3-4-10(13)9(6-8)7-12/h3-4,6,12-13H,7H2. The second-order valence-electron chi connectivity index (χ2n) is 2.36. The molecule has 0 saturated carbocycles. The molecule has 0 heterocycles. The second-order valence-corrected chi connectivity index (χ2v) is 2.36. The Bertz CT molecular complexity index is 407. The van der Waals surface area contributed by atoms with Gasteiger partial charge in [-0.05, 0) is 18.2 Å². The zero-order chi connectivity index (χ0) is 9.68. The lowest BCUT2D eigenvalue weighted by Gasteiger charge is -1.99. The SMILES string of the molecule is N#CC#Cc1ccc(O)c(CO)c1. The minimum absolute atomic E-state index is 0.0324. The quantitative estimate of drug-likeness (QED) is 0.616. The van der Waals surface area contributed by atoms with Crippen molar-refractivity contribution in [3.63, 3.8) is 0 Å². The molecule has 0 aliphatic carbocycles. The third-order valence-electron chi connectivity index (χ3n) is 1.51. The number of aliphatic hydroxyl groups is 1. The van der Waals surface area contributed by atoms with Gasteiger partial charge in [0.2, 0.25) is 0 Å². The fourth-order valence-electron chi connectivity index (χ4n) is 0.890. The Kier molecular flexibility index (Phi) is 2.92. The van der Waals surface area contributed by atoms with Gasteiger partial charge < -0.3 is 10.2 Å².